The molecule has 0 aliphatic carbocycles. The van der Waals surface area contributed by atoms with Crippen molar-refractivity contribution in [3.63, 3.8) is 0 Å². The summed E-state index contributed by atoms with van der Waals surface area (Å²) in [6.07, 6.45) is 0.705. The number of nitrogens with one attached hydrogen (secondary N) is 1. The highest BCUT2D eigenvalue weighted by molar-refractivity contribution is 5.89. The number of hydrogen-bond donors (Lipinski definition) is 1. The number of benzene rings is 3. The molecule has 1 N–H and O–H groups in total. The molecular weight excluding hydrogens is 420 g/mol. The molecule has 0 fully saturated rings. The summed E-state index contributed by atoms with van der Waals surface area (Å²) in [5, 5.41) is 3.11. The van der Waals surface area contributed by atoms with Crippen molar-refractivity contribution in [3.8, 4) is 0 Å². The third kappa shape index (κ3) is 7.31. The lowest BCUT2D eigenvalue weighted by Gasteiger charge is -2.34. The molecule has 0 radical (unpaired) electrons. The third-order valence-corrected chi connectivity index (χ3v) is 5.89. The number of amides is 2. The van der Waals surface area contributed by atoms with Crippen molar-refractivity contribution >= 4 is 11.8 Å². The van der Waals surface area contributed by atoms with Gasteiger partial charge in [0, 0.05) is 18.5 Å². The summed E-state index contributed by atoms with van der Waals surface area (Å²) in [6, 6.07) is 25.3. The first-order valence-electron chi connectivity index (χ1n) is 11.9. The molecule has 0 saturated carbocycles. The Balaban J connectivity index is 1.97. The molecule has 3 rings (SSSR count). The molecule has 2 amide bonds. The first-order chi connectivity index (χ1) is 16.1. The molecule has 178 valence electrons. The van der Waals surface area contributed by atoms with Gasteiger partial charge >= 0.3 is 0 Å². The average Bonchev–Trinajstić information content (AvgIpc) is 2.79. The Morgan fingerprint density at radius 2 is 1.38 bits per heavy atom. The van der Waals surface area contributed by atoms with Crippen LogP contribution in [0.3, 0.4) is 0 Å². The van der Waals surface area contributed by atoms with Crippen LogP contribution in [0, 0.1) is 13.8 Å². The Hall–Kier alpha value is -3.40. The second kappa shape index (κ2) is 11.1. The van der Waals surface area contributed by atoms with Crippen LogP contribution in [-0.2, 0) is 29.0 Å². The molecule has 34 heavy (non-hydrogen) atoms. The van der Waals surface area contributed by atoms with Crippen LogP contribution in [0.2, 0.25) is 0 Å². The highest BCUT2D eigenvalue weighted by Gasteiger charge is 2.32. The molecule has 0 aliphatic rings. The van der Waals surface area contributed by atoms with E-state index in [1.807, 2.05) is 93.6 Å². The largest absolute Gasteiger partial charge is 0.350 e. The van der Waals surface area contributed by atoms with Gasteiger partial charge < -0.3 is 10.2 Å². The van der Waals surface area contributed by atoms with Crippen LogP contribution in [0.4, 0.5) is 0 Å². The number of nitrogens with zero attached hydrogens (tertiary/aromatic N) is 1. The normalized spacial score (nSPS) is 12.1. The summed E-state index contributed by atoms with van der Waals surface area (Å²) in [6.45, 7) is 10.4. The van der Waals surface area contributed by atoms with Crippen LogP contribution < -0.4 is 5.32 Å². The number of hydrogen-bond acceptors (Lipinski definition) is 2. The number of rotatable bonds is 8. The molecule has 0 saturated heterocycles. The van der Waals surface area contributed by atoms with Gasteiger partial charge in [0.15, 0.2) is 0 Å². The zero-order valence-electron chi connectivity index (χ0n) is 21.0. The summed E-state index contributed by atoms with van der Waals surface area (Å²) in [4.78, 5) is 29.1. The quantitative estimate of drug-likeness (QED) is 0.493. The van der Waals surface area contributed by atoms with Crippen LogP contribution in [0.5, 0.6) is 0 Å². The van der Waals surface area contributed by atoms with Gasteiger partial charge in [-0.25, -0.2) is 0 Å². The minimum atomic E-state index is -0.624. The Morgan fingerprint density at radius 3 is 1.94 bits per heavy atom. The molecule has 3 aromatic rings. The van der Waals surface area contributed by atoms with Gasteiger partial charge in [0.2, 0.25) is 11.8 Å². The molecule has 0 aromatic heterocycles. The standard InChI is InChI=1S/C30H36N2O2/c1-22-16-17-26(18-23(22)2)20-28(33)32(21-25-14-10-7-11-15-25)27(29(34)31-30(3,4)5)19-24-12-8-6-9-13-24/h6-18,27H,19-21H2,1-5H3,(H,31,34)/t27-/m0/s1. The number of aryl methyl sites for hydroxylation is 2. The van der Waals surface area contributed by atoms with Gasteiger partial charge in [0.1, 0.15) is 6.04 Å². The van der Waals surface area contributed by atoms with Crippen molar-refractivity contribution in [2.45, 2.75) is 65.6 Å². The molecule has 0 spiro atoms. The fraction of sp³-hybridized carbons (Fsp3) is 0.333. The summed E-state index contributed by atoms with van der Waals surface area (Å²) < 4.78 is 0. The fourth-order valence-electron chi connectivity index (χ4n) is 3.98. The van der Waals surface area contributed by atoms with E-state index in [1.165, 1.54) is 5.56 Å². The van der Waals surface area contributed by atoms with E-state index in [-0.39, 0.29) is 18.2 Å². The zero-order valence-corrected chi connectivity index (χ0v) is 21.0. The maximum absolute atomic E-state index is 13.8. The van der Waals surface area contributed by atoms with Crippen molar-refractivity contribution in [3.05, 3.63) is 107 Å². The van der Waals surface area contributed by atoms with Crippen molar-refractivity contribution in [2.75, 3.05) is 0 Å². The molecule has 1 atom stereocenters. The minimum absolute atomic E-state index is 0.0582. The second-order valence-electron chi connectivity index (χ2n) is 10.0. The van der Waals surface area contributed by atoms with E-state index in [0.717, 1.165) is 22.3 Å². The van der Waals surface area contributed by atoms with E-state index >= 15 is 0 Å². The average molecular weight is 457 g/mol. The molecular formula is C30H36N2O2. The lowest BCUT2D eigenvalue weighted by molar-refractivity contribution is -0.141. The first-order valence-corrected chi connectivity index (χ1v) is 11.9. The van der Waals surface area contributed by atoms with Crippen LogP contribution >= 0.6 is 0 Å². The molecule has 0 bridgehead atoms. The lowest BCUT2D eigenvalue weighted by atomic mass is 9.99. The Labute approximate surface area is 204 Å². The SMILES string of the molecule is Cc1ccc(CC(=O)N(Cc2ccccc2)[C@@H](Cc2ccccc2)C(=O)NC(C)(C)C)cc1C. The summed E-state index contributed by atoms with van der Waals surface area (Å²) in [5.41, 5.74) is 4.93. The van der Waals surface area contributed by atoms with Gasteiger partial charge in [0.25, 0.3) is 0 Å². The Kier molecular flexibility index (Phi) is 8.27. The highest BCUT2D eigenvalue weighted by Crippen LogP contribution is 2.18. The van der Waals surface area contributed by atoms with E-state index in [2.05, 4.69) is 25.2 Å². The van der Waals surface area contributed by atoms with Gasteiger partial charge in [-0.15, -0.1) is 0 Å². The topological polar surface area (TPSA) is 49.4 Å². The third-order valence-electron chi connectivity index (χ3n) is 5.89. The van der Waals surface area contributed by atoms with E-state index in [4.69, 9.17) is 0 Å². The van der Waals surface area contributed by atoms with Crippen molar-refractivity contribution in [1.82, 2.24) is 10.2 Å². The molecule has 0 heterocycles. The first kappa shape index (κ1) is 25.2. The molecule has 3 aromatic carbocycles. The predicted molar refractivity (Wildman–Crippen MR) is 138 cm³/mol. The van der Waals surface area contributed by atoms with Gasteiger partial charge in [-0.1, -0.05) is 78.9 Å². The predicted octanol–water partition coefficient (Wildman–Crippen LogP) is 5.40. The number of carbonyl (C=O) groups is 2. The summed E-state index contributed by atoms with van der Waals surface area (Å²) in [7, 11) is 0. The fourth-order valence-corrected chi connectivity index (χ4v) is 3.98. The maximum atomic E-state index is 13.8. The van der Waals surface area contributed by atoms with Crippen molar-refractivity contribution < 1.29 is 9.59 Å². The zero-order chi connectivity index (χ0) is 24.7. The maximum Gasteiger partial charge on any atom is 0.243 e. The van der Waals surface area contributed by atoms with E-state index in [0.29, 0.717) is 13.0 Å². The van der Waals surface area contributed by atoms with Crippen LogP contribution in [0.15, 0.2) is 78.9 Å². The van der Waals surface area contributed by atoms with E-state index < -0.39 is 11.6 Å². The Bertz CT molecular complexity index is 1100. The molecule has 0 aliphatic heterocycles. The van der Waals surface area contributed by atoms with E-state index in [9.17, 15) is 9.59 Å². The van der Waals surface area contributed by atoms with Crippen LogP contribution in [-0.4, -0.2) is 28.3 Å². The summed E-state index contributed by atoms with van der Waals surface area (Å²) in [5.74, 6) is -0.196. The Morgan fingerprint density at radius 1 is 0.794 bits per heavy atom. The van der Waals surface area contributed by atoms with Gasteiger partial charge in [-0.05, 0) is 62.4 Å². The molecule has 0 unspecified atom stereocenters. The van der Waals surface area contributed by atoms with Gasteiger partial charge in [-0.2, -0.15) is 0 Å². The monoisotopic (exact) mass is 456 g/mol. The van der Waals surface area contributed by atoms with Gasteiger partial charge in [0.05, 0.1) is 6.42 Å². The van der Waals surface area contributed by atoms with E-state index in [1.54, 1.807) is 4.90 Å². The molecule has 4 nitrogen and oxygen atoms in total. The minimum Gasteiger partial charge on any atom is -0.350 e. The lowest BCUT2D eigenvalue weighted by Crippen LogP contribution is -2.54. The highest BCUT2D eigenvalue weighted by atomic mass is 16.2. The van der Waals surface area contributed by atoms with Gasteiger partial charge in [-0.3, -0.25) is 9.59 Å². The van der Waals surface area contributed by atoms with Crippen molar-refractivity contribution in [1.29, 1.82) is 0 Å². The molecule has 4 heteroatoms. The van der Waals surface area contributed by atoms with Crippen LogP contribution in [0.1, 0.15) is 48.6 Å². The smallest absolute Gasteiger partial charge is 0.243 e. The van der Waals surface area contributed by atoms with Crippen molar-refractivity contribution in [2.24, 2.45) is 0 Å². The number of carbonyl (C=O) groups excluding carboxylic acids is 2. The second-order valence-corrected chi connectivity index (χ2v) is 10.0. The van der Waals surface area contributed by atoms with Crippen LogP contribution in [0.25, 0.3) is 0 Å². The summed E-state index contributed by atoms with van der Waals surface area (Å²) >= 11 is 0.